The van der Waals surface area contributed by atoms with Crippen LogP contribution in [0.1, 0.15) is 55.8 Å². The Kier molecular flexibility index (Phi) is 7.26. The van der Waals surface area contributed by atoms with Crippen molar-refractivity contribution < 1.29 is 0 Å². The molecule has 0 amide bonds. The van der Waals surface area contributed by atoms with Gasteiger partial charge in [0, 0.05) is 6.54 Å². The number of hydrogen-bond donors (Lipinski definition) is 2. The molecule has 128 valence electrons. The van der Waals surface area contributed by atoms with Crippen LogP contribution < -0.4 is 10.6 Å². The van der Waals surface area contributed by atoms with Gasteiger partial charge in [0.15, 0.2) is 5.11 Å². The highest BCUT2D eigenvalue weighted by Gasteiger charge is 2.08. The summed E-state index contributed by atoms with van der Waals surface area (Å²) in [5.41, 5.74) is 3.98. The quantitative estimate of drug-likeness (QED) is 0.696. The molecule has 0 saturated carbocycles. The van der Waals surface area contributed by atoms with Crippen LogP contribution in [0.25, 0.3) is 0 Å². The third kappa shape index (κ3) is 5.64. The van der Waals surface area contributed by atoms with Gasteiger partial charge in [-0.25, -0.2) is 0 Å². The zero-order chi connectivity index (χ0) is 17.4. The van der Waals surface area contributed by atoms with E-state index in [2.05, 4.69) is 79.9 Å². The van der Waals surface area contributed by atoms with E-state index in [0.29, 0.717) is 11.0 Å². The van der Waals surface area contributed by atoms with Gasteiger partial charge >= 0.3 is 0 Å². The highest BCUT2D eigenvalue weighted by atomic mass is 32.1. The van der Waals surface area contributed by atoms with Crippen molar-refractivity contribution in [2.75, 3.05) is 6.54 Å². The number of rotatable bonds is 7. The molecule has 0 bridgehead atoms. The van der Waals surface area contributed by atoms with Gasteiger partial charge in [-0.15, -0.1) is 0 Å². The summed E-state index contributed by atoms with van der Waals surface area (Å²) in [5.74, 6) is 0.614. The van der Waals surface area contributed by atoms with Gasteiger partial charge in [0.05, 0.1) is 6.04 Å². The van der Waals surface area contributed by atoms with Gasteiger partial charge in [-0.2, -0.15) is 0 Å². The van der Waals surface area contributed by atoms with Gasteiger partial charge < -0.3 is 10.6 Å². The molecule has 0 fully saturated rings. The molecule has 0 aliphatic heterocycles. The molecule has 2 atom stereocenters. The number of hydrogen-bond acceptors (Lipinski definition) is 1. The number of benzene rings is 2. The Hall–Kier alpha value is -1.87. The van der Waals surface area contributed by atoms with Gasteiger partial charge in [0.2, 0.25) is 0 Å². The van der Waals surface area contributed by atoms with Crippen LogP contribution >= 0.6 is 12.2 Å². The van der Waals surface area contributed by atoms with Crippen LogP contribution in [0.5, 0.6) is 0 Å². The molecule has 2 aromatic carbocycles. The van der Waals surface area contributed by atoms with Crippen LogP contribution in [0.4, 0.5) is 0 Å². The van der Waals surface area contributed by atoms with E-state index in [-0.39, 0.29) is 6.04 Å². The van der Waals surface area contributed by atoms with E-state index in [1.165, 1.54) is 23.1 Å². The Morgan fingerprint density at radius 2 is 1.58 bits per heavy atom. The molecule has 3 heteroatoms. The van der Waals surface area contributed by atoms with Crippen molar-refractivity contribution in [3.05, 3.63) is 71.3 Å². The zero-order valence-corrected chi connectivity index (χ0v) is 15.7. The van der Waals surface area contributed by atoms with Gasteiger partial charge in [0.25, 0.3) is 0 Å². The van der Waals surface area contributed by atoms with Crippen molar-refractivity contribution in [3.8, 4) is 0 Å². The molecule has 0 spiro atoms. The molecule has 0 saturated heterocycles. The van der Waals surface area contributed by atoms with Crippen molar-refractivity contribution in [2.45, 2.75) is 45.6 Å². The van der Waals surface area contributed by atoms with Crippen LogP contribution in [0, 0.1) is 0 Å². The second kappa shape index (κ2) is 9.43. The van der Waals surface area contributed by atoms with Crippen molar-refractivity contribution in [2.24, 2.45) is 0 Å². The molecule has 2 nitrogen and oxygen atoms in total. The summed E-state index contributed by atoms with van der Waals surface area (Å²) in [6.45, 7) is 7.48. The molecular formula is C21H28N2S. The van der Waals surface area contributed by atoms with E-state index in [9.17, 15) is 0 Å². The van der Waals surface area contributed by atoms with Gasteiger partial charge in [-0.1, -0.05) is 68.4 Å². The highest BCUT2D eigenvalue weighted by Crippen LogP contribution is 2.21. The van der Waals surface area contributed by atoms with Crippen LogP contribution in [-0.4, -0.2) is 11.7 Å². The van der Waals surface area contributed by atoms with Crippen LogP contribution in [-0.2, 0) is 6.42 Å². The van der Waals surface area contributed by atoms with E-state index in [1.54, 1.807) is 0 Å². The predicted octanol–water partition coefficient (Wildman–Crippen LogP) is 4.97. The number of nitrogens with one attached hydrogen (secondary N) is 2. The first-order valence-corrected chi connectivity index (χ1v) is 9.19. The van der Waals surface area contributed by atoms with Crippen molar-refractivity contribution >= 4 is 17.3 Å². The summed E-state index contributed by atoms with van der Waals surface area (Å²) in [6, 6.07) is 19.5. The first kappa shape index (κ1) is 18.5. The van der Waals surface area contributed by atoms with E-state index >= 15 is 0 Å². The van der Waals surface area contributed by atoms with E-state index in [4.69, 9.17) is 12.2 Å². The molecule has 0 heterocycles. The van der Waals surface area contributed by atoms with Crippen LogP contribution in [0.15, 0.2) is 54.6 Å². The predicted molar refractivity (Wildman–Crippen MR) is 107 cm³/mol. The molecule has 2 N–H and O–H groups in total. The molecule has 24 heavy (non-hydrogen) atoms. The van der Waals surface area contributed by atoms with Gasteiger partial charge in [0.1, 0.15) is 0 Å². The minimum Gasteiger partial charge on any atom is -0.362 e. The summed E-state index contributed by atoms with van der Waals surface area (Å²) >= 11 is 5.41. The van der Waals surface area contributed by atoms with Crippen molar-refractivity contribution in [1.29, 1.82) is 0 Å². The van der Waals surface area contributed by atoms with Crippen molar-refractivity contribution in [1.82, 2.24) is 10.6 Å². The fourth-order valence-corrected chi connectivity index (χ4v) is 2.92. The Balaban J connectivity index is 1.78. The Bertz CT molecular complexity index is 622. The molecule has 0 aromatic heterocycles. The molecule has 2 rings (SSSR count). The van der Waals surface area contributed by atoms with Gasteiger partial charge in [-0.05, 0) is 54.6 Å². The summed E-state index contributed by atoms with van der Waals surface area (Å²) in [5, 5.41) is 7.37. The van der Waals surface area contributed by atoms with E-state index < -0.39 is 0 Å². The Morgan fingerprint density at radius 3 is 2.21 bits per heavy atom. The van der Waals surface area contributed by atoms with E-state index in [1.807, 2.05) is 6.07 Å². The average molecular weight is 341 g/mol. The maximum absolute atomic E-state index is 5.41. The third-order valence-corrected chi connectivity index (χ3v) is 4.77. The molecule has 2 unspecified atom stereocenters. The van der Waals surface area contributed by atoms with E-state index in [0.717, 1.165) is 13.0 Å². The monoisotopic (exact) mass is 340 g/mol. The maximum atomic E-state index is 5.41. The first-order valence-electron chi connectivity index (χ1n) is 8.78. The fourth-order valence-electron chi connectivity index (χ4n) is 2.64. The molecule has 0 radical (unpaired) electrons. The highest BCUT2D eigenvalue weighted by molar-refractivity contribution is 7.80. The molecular weight excluding hydrogens is 312 g/mol. The maximum Gasteiger partial charge on any atom is 0.166 e. The standard InChI is InChI=1S/C21H28N2S/c1-4-16(2)19-10-12-20(13-11-19)17(3)23-21(24)22-15-14-18-8-6-5-7-9-18/h5-13,16-17H,4,14-15H2,1-3H3,(H2,22,23,24). The molecule has 2 aromatic rings. The number of thiocarbonyl (C=S) groups is 1. The second-order valence-corrected chi connectivity index (χ2v) is 6.74. The third-order valence-electron chi connectivity index (χ3n) is 4.51. The van der Waals surface area contributed by atoms with Crippen LogP contribution in [0.2, 0.25) is 0 Å². The molecule has 0 aliphatic carbocycles. The van der Waals surface area contributed by atoms with Crippen molar-refractivity contribution in [3.63, 3.8) is 0 Å². The zero-order valence-electron chi connectivity index (χ0n) is 14.9. The molecule has 0 aliphatic rings. The summed E-state index contributed by atoms with van der Waals surface area (Å²) in [7, 11) is 0. The Morgan fingerprint density at radius 1 is 0.958 bits per heavy atom. The summed E-state index contributed by atoms with van der Waals surface area (Å²) < 4.78 is 0. The minimum atomic E-state index is 0.202. The normalized spacial score (nSPS) is 13.1. The lowest BCUT2D eigenvalue weighted by molar-refractivity contribution is 0.693. The fraction of sp³-hybridized carbons (Fsp3) is 0.381. The minimum absolute atomic E-state index is 0.202. The lowest BCUT2D eigenvalue weighted by Gasteiger charge is -2.18. The van der Waals surface area contributed by atoms with Gasteiger partial charge in [-0.3, -0.25) is 0 Å². The topological polar surface area (TPSA) is 24.1 Å². The summed E-state index contributed by atoms with van der Waals surface area (Å²) in [4.78, 5) is 0. The lowest BCUT2D eigenvalue weighted by Crippen LogP contribution is -2.37. The lowest BCUT2D eigenvalue weighted by atomic mass is 9.96. The Labute approximate surface area is 151 Å². The largest absolute Gasteiger partial charge is 0.362 e. The first-order chi connectivity index (χ1) is 11.6. The second-order valence-electron chi connectivity index (χ2n) is 6.33. The smallest absolute Gasteiger partial charge is 0.166 e. The SMILES string of the molecule is CCC(C)c1ccc(C(C)NC(=S)NCCc2ccccc2)cc1. The van der Waals surface area contributed by atoms with Crippen LogP contribution in [0.3, 0.4) is 0 Å². The average Bonchev–Trinajstić information content (AvgIpc) is 2.62. The summed E-state index contributed by atoms with van der Waals surface area (Å²) in [6.07, 6.45) is 2.14.